The van der Waals surface area contributed by atoms with E-state index >= 15 is 0 Å². The van der Waals surface area contributed by atoms with Gasteiger partial charge in [-0.2, -0.15) is 0 Å². The van der Waals surface area contributed by atoms with E-state index in [0.717, 1.165) is 11.1 Å². The standard InChI is InChI=1S/C24H26N2O5/c1-14(10-22(27)28)25-23(29)15-11-16(12-15)26-24(30)31-13-21-19-8-4-2-6-17(19)18-7-3-5-9-20(18)21/h2-9,14-16,21H,10-13H2,1H3,(H,25,29)(H,26,30)(H,27,28). The Morgan fingerprint density at radius 2 is 1.61 bits per heavy atom. The first-order chi connectivity index (χ1) is 14.9. The number of fused-ring (bicyclic) bond motifs is 3. The average molecular weight is 422 g/mol. The van der Waals surface area contributed by atoms with Crippen LogP contribution in [0, 0.1) is 5.92 Å². The zero-order chi connectivity index (χ0) is 22.0. The van der Waals surface area contributed by atoms with E-state index in [1.807, 2.05) is 24.3 Å². The summed E-state index contributed by atoms with van der Waals surface area (Å²) in [4.78, 5) is 35.1. The van der Waals surface area contributed by atoms with Crippen LogP contribution in [-0.2, 0) is 14.3 Å². The van der Waals surface area contributed by atoms with Crippen molar-refractivity contribution in [2.45, 2.75) is 44.2 Å². The highest BCUT2D eigenvalue weighted by Crippen LogP contribution is 2.44. The fourth-order valence-corrected chi connectivity index (χ4v) is 4.43. The molecule has 7 nitrogen and oxygen atoms in total. The third-order valence-electron chi connectivity index (χ3n) is 6.04. The summed E-state index contributed by atoms with van der Waals surface area (Å²) in [7, 11) is 0. The number of carboxylic acid groups (broad SMARTS) is 1. The number of hydrogen-bond acceptors (Lipinski definition) is 4. The molecule has 0 heterocycles. The van der Waals surface area contributed by atoms with Gasteiger partial charge in [-0.3, -0.25) is 9.59 Å². The third-order valence-corrected chi connectivity index (χ3v) is 6.04. The van der Waals surface area contributed by atoms with E-state index in [1.165, 1.54) is 11.1 Å². The minimum Gasteiger partial charge on any atom is -0.481 e. The van der Waals surface area contributed by atoms with Crippen molar-refractivity contribution in [2.75, 3.05) is 6.61 Å². The van der Waals surface area contributed by atoms with E-state index in [9.17, 15) is 14.4 Å². The molecule has 0 radical (unpaired) electrons. The Labute approximate surface area is 180 Å². The number of benzene rings is 2. The molecular formula is C24H26N2O5. The van der Waals surface area contributed by atoms with Gasteiger partial charge >= 0.3 is 12.1 Å². The van der Waals surface area contributed by atoms with Gasteiger partial charge in [0.2, 0.25) is 5.91 Å². The summed E-state index contributed by atoms with van der Waals surface area (Å²) in [6.07, 6.45) is 0.455. The van der Waals surface area contributed by atoms with Crippen LogP contribution in [0.25, 0.3) is 11.1 Å². The lowest BCUT2D eigenvalue weighted by molar-refractivity contribution is -0.137. The predicted octanol–water partition coefficient (Wildman–Crippen LogP) is 3.28. The molecule has 2 amide bonds. The first-order valence-electron chi connectivity index (χ1n) is 10.6. The molecule has 1 atom stereocenters. The van der Waals surface area contributed by atoms with Crippen LogP contribution in [0.15, 0.2) is 48.5 Å². The summed E-state index contributed by atoms with van der Waals surface area (Å²) >= 11 is 0. The van der Waals surface area contributed by atoms with Crippen molar-refractivity contribution in [1.29, 1.82) is 0 Å². The molecule has 3 N–H and O–H groups in total. The molecule has 7 heteroatoms. The molecule has 0 saturated heterocycles. The zero-order valence-corrected chi connectivity index (χ0v) is 17.3. The SMILES string of the molecule is CC(CC(=O)O)NC(=O)C1CC(NC(=O)OCC2c3ccccc3-c3ccccc32)C1. The van der Waals surface area contributed by atoms with Crippen molar-refractivity contribution in [3.63, 3.8) is 0 Å². The van der Waals surface area contributed by atoms with Gasteiger partial charge in [-0.15, -0.1) is 0 Å². The topological polar surface area (TPSA) is 105 Å². The number of hydrogen-bond donors (Lipinski definition) is 3. The Kier molecular flexibility index (Phi) is 5.93. The molecule has 4 rings (SSSR count). The Hall–Kier alpha value is -3.35. The van der Waals surface area contributed by atoms with E-state index < -0.39 is 18.1 Å². The van der Waals surface area contributed by atoms with Gasteiger partial charge in [-0.05, 0) is 42.0 Å². The van der Waals surface area contributed by atoms with Crippen LogP contribution in [0.2, 0.25) is 0 Å². The fourth-order valence-electron chi connectivity index (χ4n) is 4.43. The molecule has 0 aromatic heterocycles. The van der Waals surface area contributed by atoms with Crippen LogP contribution in [-0.4, -0.2) is 41.8 Å². The highest BCUT2D eigenvalue weighted by molar-refractivity contribution is 5.81. The molecule has 0 bridgehead atoms. The summed E-state index contributed by atoms with van der Waals surface area (Å²) in [5.41, 5.74) is 4.67. The number of aliphatic carboxylic acids is 1. The van der Waals surface area contributed by atoms with Crippen LogP contribution < -0.4 is 10.6 Å². The Balaban J connectivity index is 1.25. The second kappa shape index (κ2) is 8.79. The van der Waals surface area contributed by atoms with Gasteiger partial charge in [-0.25, -0.2) is 4.79 Å². The number of carboxylic acids is 1. The minimum absolute atomic E-state index is 0.00814. The molecule has 1 saturated carbocycles. The molecule has 162 valence electrons. The third kappa shape index (κ3) is 4.55. The Morgan fingerprint density at radius 1 is 1.03 bits per heavy atom. The molecule has 1 fully saturated rings. The maximum Gasteiger partial charge on any atom is 0.407 e. The van der Waals surface area contributed by atoms with Crippen LogP contribution in [0.4, 0.5) is 4.79 Å². The van der Waals surface area contributed by atoms with E-state index in [-0.39, 0.29) is 36.8 Å². The molecule has 1 unspecified atom stereocenters. The van der Waals surface area contributed by atoms with Crippen LogP contribution in [0.1, 0.15) is 43.2 Å². The van der Waals surface area contributed by atoms with Gasteiger partial charge in [-0.1, -0.05) is 48.5 Å². The first kappa shape index (κ1) is 20.9. The maximum atomic E-state index is 12.3. The van der Waals surface area contributed by atoms with E-state index in [4.69, 9.17) is 9.84 Å². The van der Waals surface area contributed by atoms with Crippen molar-refractivity contribution in [2.24, 2.45) is 5.92 Å². The Morgan fingerprint density at radius 3 is 2.19 bits per heavy atom. The lowest BCUT2D eigenvalue weighted by Gasteiger charge is -2.35. The van der Waals surface area contributed by atoms with Crippen molar-refractivity contribution in [3.05, 3.63) is 59.7 Å². The smallest absolute Gasteiger partial charge is 0.407 e. The van der Waals surface area contributed by atoms with Crippen LogP contribution in [0.5, 0.6) is 0 Å². The molecule has 31 heavy (non-hydrogen) atoms. The van der Waals surface area contributed by atoms with E-state index in [1.54, 1.807) is 6.92 Å². The van der Waals surface area contributed by atoms with E-state index in [2.05, 4.69) is 34.9 Å². The van der Waals surface area contributed by atoms with Crippen molar-refractivity contribution < 1.29 is 24.2 Å². The highest BCUT2D eigenvalue weighted by atomic mass is 16.5. The number of alkyl carbamates (subject to hydrolysis) is 1. The zero-order valence-electron chi connectivity index (χ0n) is 17.3. The van der Waals surface area contributed by atoms with Crippen molar-refractivity contribution in [3.8, 4) is 11.1 Å². The number of nitrogens with one attached hydrogen (secondary N) is 2. The first-order valence-corrected chi connectivity index (χ1v) is 10.6. The molecule has 0 aliphatic heterocycles. The largest absolute Gasteiger partial charge is 0.481 e. The minimum atomic E-state index is -0.948. The number of carbonyl (C=O) groups excluding carboxylic acids is 2. The lowest BCUT2D eigenvalue weighted by atomic mass is 9.79. The number of ether oxygens (including phenoxy) is 1. The molecule has 2 aromatic rings. The second-order valence-corrected chi connectivity index (χ2v) is 8.34. The number of rotatable bonds is 7. The molecule has 2 aromatic carbocycles. The normalized spacial score (nSPS) is 20.0. The van der Waals surface area contributed by atoms with Gasteiger partial charge in [0, 0.05) is 23.9 Å². The molecule has 2 aliphatic carbocycles. The molecule has 2 aliphatic rings. The maximum absolute atomic E-state index is 12.3. The second-order valence-electron chi connectivity index (χ2n) is 8.34. The van der Waals surface area contributed by atoms with Crippen LogP contribution in [0.3, 0.4) is 0 Å². The average Bonchev–Trinajstić information content (AvgIpc) is 3.02. The fraction of sp³-hybridized carbons (Fsp3) is 0.375. The summed E-state index contributed by atoms with van der Waals surface area (Å²) in [5, 5.41) is 14.3. The van der Waals surface area contributed by atoms with Gasteiger partial charge in [0.15, 0.2) is 0 Å². The summed E-state index contributed by atoms with van der Waals surface area (Å²) < 4.78 is 5.53. The van der Waals surface area contributed by atoms with Gasteiger partial charge in [0.1, 0.15) is 6.61 Å². The van der Waals surface area contributed by atoms with Gasteiger partial charge < -0.3 is 20.5 Å². The number of carbonyl (C=O) groups is 3. The van der Waals surface area contributed by atoms with Gasteiger partial charge in [0.05, 0.1) is 6.42 Å². The summed E-state index contributed by atoms with van der Waals surface area (Å²) in [5.74, 6) is -1.32. The molecule has 0 spiro atoms. The lowest BCUT2D eigenvalue weighted by Crippen LogP contribution is -2.51. The van der Waals surface area contributed by atoms with E-state index in [0.29, 0.717) is 12.8 Å². The Bertz CT molecular complexity index is 953. The number of amides is 2. The molecular weight excluding hydrogens is 396 g/mol. The van der Waals surface area contributed by atoms with Gasteiger partial charge in [0.25, 0.3) is 0 Å². The highest BCUT2D eigenvalue weighted by Gasteiger charge is 2.36. The quantitative estimate of drug-likeness (QED) is 0.635. The summed E-state index contributed by atoms with van der Waals surface area (Å²) in [6.45, 7) is 1.92. The predicted molar refractivity (Wildman–Crippen MR) is 115 cm³/mol. The van der Waals surface area contributed by atoms with Crippen molar-refractivity contribution >= 4 is 18.0 Å². The van der Waals surface area contributed by atoms with Crippen molar-refractivity contribution in [1.82, 2.24) is 10.6 Å². The monoisotopic (exact) mass is 422 g/mol. The summed E-state index contributed by atoms with van der Waals surface area (Å²) in [6, 6.07) is 15.8. The van der Waals surface area contributed by atoms with Crippen LogP contribution >= 0.6 is 0 Å².